The number of aryl methyl sites for hydroxylation is 1. The van der Waals surface area contributed by atoms with E-state index in [-0.39, 0.29) is 30.9 Å². The highest BCUT2D eigenvalue weighted by molar-refractivity contribution is 5.50. The van der Waals surface area contributed by atoms with Gasteiger partial charge in [0.2, 0.25) is 5.75 Å². The van der Waals surface area contributed by atoms with Crippen LogP contribution in [0.2, 0.25) is 0 Å². The molecule has 202 valence electrons. The highest BCUT2D eigenvalue weighted by Crippen LogP contribution is 2.37. The standard InChI is InChI=1S/C24H22F5N4O5/c1-13-6-17(33(36-3)11-19(13)37-5-4-34)10-32-12-31-21(24(27,28)29)20(23(32)35)38-18-8-15(22(25)26)7-16(9-30)14(18)2/h6-8,11-12,22,34H,4-5,10H2,1-3H3/q+1. The second kappa shape index (κ2) is 11.4. The fourth-order valence-corrected chi connectivity index (χ4v) is 3.49. The van der Waals surface area contributed by atoms with E-state index in [1.807, 2.05) is 0 Å². The molecule has 0 saturated heterocycles. The smallest absolute Gasteiger partial charge is 0.437 e. The summed E-state index contributed by atoms with van der Waals surface area (Å²) < 4.78 is 80.6. The van der Waals surface area contributed by atoms with Crippen LogP contribution in [0.25, 0.3) is 0 Å². The number of rotatable bonds is 9. The van der Waals surface area contributed by atoms with Crippen LogP contribution in [0.15, 0.2) is 35.5 Å². The van der Waals surface area contributed by atoms with E-state index in [4.69, 9.17) is 19.4 Å². The van der Waals surface area contributed by atoms with Gasteiger partial charge in [0, 0.05) is 27.5 Å². The molecule has 0 radical (unpaired) electrons. The molecule has 38 heavy (non-hydrogen) atoms. The molecule has 3 rings (SSSR count). The van der Waals surface area contributed by atoms with Crippen molar-refractivity contribution in [1.29, 1.82) is 5.26 Å². The SMILES string of the molecule is CO[n+]1cc(OCCO)c(C)cc1Cn1cnc(C(F)(F)F)c(Oc2cc(C(F)F)cc(C#N)c2C)c1=O. The number of alkyl halides is 5. The van der Waals surface area contributed by atoms with Crippen molar-refractivity contribution in [2.45, 2.75) is 33.0 Å². The average molecular weight is 541 g/mol. The van der Waals surface area contributed by atoms with E-state index in [0.29, 0.717) is 23.3 Å². The number of nitriles is 1. The van der Waals surface area contributed by atoms with Crippen LogP contribution in [0.5, 0.6) is 17.2 Å². The van der Waals surface area contributed by atoms with Crippen LogP contribution in [0.3, 0.4) is 0 Å². The largest absolute Gasteiger partial charge is 0.485 e. The van der Waals surface area contributed by atoms with Crippen molar-refractivity contribution in [2.24, 2.45) is 0 Å². The van der Waals surface area contributed by atoms with Gasteiger partial charge in [-0.3, -0.25) is 14.2 Å². The lowest BCUT2D eigenvalue weighted by Gasteiger charge is -2.16. The molecular weight excluding hydrogens is 519 g/mol. The fourth-order valence-electron chi connectivity index (χ4n) is 3.49. The summed E-state index contributed by atoms with van der Waals surface area (Å²) in [7, 11) is 1.31. The van der Waals surface area contributed by atoms with Crippen LogP contribution in [-0.4, -0.2) is 35.0 Å². The van der Waals surface area contributed by atoms with Crippen molar-refractivity contribution in [3.63, 3.8) is 0 Å². The Hall–Kier alpha value is -4.25. The number of aliphatic hydroxyl groups is 1. The molecule has 1 aromatic carbocycles. The van der Waals surface area contributed by atoms with Crippen molar-refractivity contribution >= 4 is 0 Å². The van der Waals surface area contributed by atoms with Crippen molar-refractivity contribution in [3.8, 4) is 23.3 Å². The zero-order chi connectivity index (χ0) is 28.2. The number of ether oxygens (including phenoxy) is 2. The zero-order valence-electron chi connectivity index (χ0n) is 20.3. The molecule has 0 atom stereocenters. The van der Waals surface area contributed by atoms with E-state index < -0.39 is 40.9 Å². The first kappa shape index (κ1) is 28.3. The van der Waals surface area contributed by atoms with E-state index in [0.717, 1.165) is 16.7 Å². The van der Waals surface area contributed by atoms with Gasteiger partial charge in [0.15, 0.2) is 11.4 Å². The maximum atomic E-state index is 13.7. The van der Waals surface area contributed by atoms with Crippen LogP contribution >= 0.6 is 0 Å². The van der Waals surface area contributed by atoms with Gasteiger partial charge in [0.25, 0.3) is 23.9 Å². The van der Waals surface area contributed by atoms with E-state index >= 15 is 0 Å². The molecule has 2 aromatic heterocycles. The van der Waals surface area contributed by atoms with E-state index in [9.17, 15) is 32.0 Å². The predicted molar refractivity (Wildman–Crippen MR) is 120 cm³/mol. The summed E-state index contributed by atoms with van der Waals surface area (Å²) in [6, 6.07) is 4.89. The number of halogens is 5. The summed E-state index contributed by atoms with van der Waals surface area (Å²) in [5, 5.41) is 18.2. The van der Waals surface area contributed by atoms with Gasteiger partial charge in [-0.05, 0) is 26.0 Å². The summed E-state index contributed by atoms with van der Waals surface area (Å²) >= 11 is 0. The van der Waals surface area contributed by atoms with E-state index in [2.05, 4.69) is 4.98 Å². The molecule has 0 unspecified atom stereocenters. The third-order valence-corrected chi connectivity index (χ3v) is 5.40. The minimum Gasteiger partial charge on any atom is -0.485 e. The summed E-state index contributed by atoms with van der Waals surface area (Å²) in [5.74, 6) is -1.41. The highest BCUT2D eigenvalue weighted by atomic mass is 19.4. The maximum absolute atomic E-state index is 13.7. The van der Waals surface area contributed by atoms with Gasteiger partial charge in [-0.15, -0.1) is 0 Å². The van der Waals surface area contributed by atoms with Crippen LogP contribution in [0.4, 0.5) is 22.0 Å². The van der Waals surface area contributed by atoms with Crippen molar-refractivity contribution in [1.82, 2.24) is 9.55 Å². The molecule has 0 aliphatic heterocycles. The number of aliphatic hydroxyl groups excluding tert-OH is 1. The second-order valence-electron chi connectivity index (χ2n) is 7.95. The summed E-state index contributed by atoms with van der Waals surface area (Å²) in [6.45, 7) is 2.40. The lowest BCUT2D eigenvalue weighted by atomic mass is 10.0. The average Bonchev–Trinajstić information content (AvgIpc) is 2.86. The molecule has 0 amide bonds. The monoisotopic (exact) mass is 541 g/mol. The molecule has 0 fully saturated rings. The number of benzene rings is 1. The molecule has 3 aromatic rings. The molecule has 0 aliphatic rings. The number of pyridine rings is 1. The minimum atomic E-state index is -5.12. The lowest BCUT2D eigenvalue weighted by Crippen LogP contribution is -2.46. The Morgan fingerprint density at radius 1 is 1.21 bits per heavy atom. The molecule has 0 bridgehead atoms. The zero-order valence-corrected chi connectivity index (χ0v) is 20.3. The summed E-state index contributed by atoms with van der Waals surface area (Å²) in [6.07, 6.45) is -6.07. The Morgan fingerprint density at radius 3 is 2.50 bits per heavy atom. The molecule has 9 nitrogen and oxygen atoms in total. The number of hydrogen-bond donors (Lipinski definition) is 1. The summed E-state index contributed by atoms with van der Waals surface area (Å²) in [4.78, 5) is 21.8. The van der Waals surface area contributed by atoms with Crippen LogP contribution in [0, 0.1) is 25.2 Å². The molecule has 0 saturated carbocycles. The first-order valence-corrected chi connectivity index (χ1v) is 10.9. The third kappa shape index (κ3) is 6.00. The van der Waals surface area contributed by atoms with E-state index in [1.165, 1.54) is 25.0 Å². The Bertz CT molecular complexity index is 1430. The first-order valence-electron chi connectivity index (χ1n) is 10.9. The predicted octanol–water partition coefficient (Wildman–Crippen LogP) is 3.25. The van der Waals surface area contributed by atoms with Gasteiger partial charge in [-0.1, -0.05) is 0 Å². The van der Waals surface area contributed by atoms with Gasteiger partial charge in [-0.2, -0.15) is 18.4 Å². The van der Waals surface area contributed by atoms with Crippen molar-refractivity contribution in [3.05, 3.63) is 74.7 Å². The van der Waals surface area contributed by atoms with Crippen molar-refractivity contribution in [2.75, 3.05) is 20.3 Å². The molecule has 14 heteroatoms. The Morgan fingerprint density at radius 2 is 1.92 bits per heavy atom. The van der Waals surface area contributed by atoms with Gasteiger partial charge in [0.05, 0.1) is 24.6 Å². The first-order chi connectivity index (χ1) is 17.9. The van der Waals surface area contributed by atoms with Gasteiger partial charge >= 0.3 is 6.18 Å². The number of hydrogen-bond acceptors (Lipinski definition) is 7. The van der Waals surface area contributed by atoms with Crippen LogP contribution in [-0.2, 0) is 12.7 Å². The quantitative estimate of drug-likeness (QED) is 0.327. The van der Waals surface area contributed by atoms with Crippen molar-refractivity contribution < 1.29 is 46.1 Å². The fraction of sp³-hybridized carbons (Fsp3) is 0.333. The van der Waals surface area contributed by atoms with Gasteiger partial charge < -0.3 is 14.6 Å². The number of aromatic nitrogens is 3. The highest BCUT2D eigenvalue weighted by Gasteiger charge is 2.39. The second-order valence-corrected chi connectivity index (χ2v) is 7.95. The Balaban J connectivity index is 2.13. The van der Waals surface area contributed by atoms with Gasteiger partial charge in [0.1, 0.15) is 26.0 Å². The summed E-state index contributed by atoms with van der Waals surface area (Å²) in [5.41, 5.74) is -2.99. The number of nitrogens with zero attached hydrogens (tertiary/aromatic N) is 4. The minimum absolute atomic E-state index is 0.00652. The molecular formula is C24H22F5N4O5+. The van der Waals surface area contributed by atoms with Crippen LogP contribution in [0.1, 0.15) is 40.1 Å². The Kier molecular flexibility index (Phi) is 8.52. The maximum Gasteiger partial charge on any atom is 0.437 e. The van der Waals surface area contributed by atoms with E-state index in [1.54, 1.807) is 19.1 Å². The Labute approximate surface area is 212 Å². The molecule has 2 heterocycles. The topological polar surface area (TPSA) is 110 Å². The molecule has 0 aliphatic carbocycles. The third-order valence-electron chi connectivity index (χ3n) is 5.40. The normalized spacial score (nSPS) is 11.4. The lowest BCUT2D eigenvalue weighted by molar-refractivity contribution is -0.890. The van der Waals surface area contributed by atoms with Gasteiger partial charge in [-0.25, -0.2) is 13.8 Å². The molecule has 1 N–H and O–H groups in total. The molecule has 0 spiro atoms. The van der Waals surface area contributed by atoms with Crippen LogP contribution < -0.4 is 24.6 Å².